The van der Waals surface area contributed by atoms with Gasteiger partial charge in [-0.25, -0.2) is 4.79 Å². The number of para-hydroxylation sites is 1. The zero-order chi connectivity index (χ0) is 20.3. The summed E-state index contributed by atoms with van der Waals surface area (Å²) in [7, 11) is 1.22. The van der Waals surface area contributed by atoms with Gasteiger partial charge in [0.1, 0.15) is 0 Å². The van der Waals surface area contributed by atoms with Crippen LogP contribution in [0.3, 0.4) is 0 Å². The predicted molar refractivity (Wildman–Crippen MR) is 101 cm³/mol. The minimum absolute atomic E-state index is 0.0579. The summed E-state index contributed by atoms with van der Waals surface area (Å²) in [5.74, 6) is -1.11. The van der Waals surface area contributed by atoms with E-state index >= 15 is 0 Å². The van der Waals surface area contributed by atoms with Crippen LogP contribution in [-0.4, -0.2) is 33.8 Å². The van der Waals surface area contributed by atoms with Crippen molar-refractivity contribution in [2.45, 2.75) is 13.5 Å². The van der Waals surface area contributed by atoms with E-state index in [4.69, 9.17) is 4.74 Å². The highest BCUT2D eigenvalue weighted by atomic mass is 16.6. The molecule has 8 heteroatoms. The van der Waals surface area contributed by atoms with Crippen LogP contribution in [0.5, 0.6) is 0 Å². The highest BCUT2D eigenvalue weighted by Gasteiger charge is 2.37. The molecule has 0 atom stereocenters. The van der Waals surface area contributed by atoms with E-state index in [0.29, 0.717) is 5.70 Å². The fourth-order valence-electron chi connectivity index (χ4n) is 3.02. The Hall–Kier alpha value is -3.81. The number of pyridine rings is 1. The first-order valence-corrected chi connectivity index (χ1v) is 8.39. The second-order valence-corrected chi connectivity index (χ2v) is 6.08. The molecule has 1 amide bonds. The van der Waals surface area contributed by atoms with Crippen LogP contribution in [-0.2, 0) is 20.9 Å². The van der Waals surface area contributed by atoms with Crippen molar-refractivity contribution in [3.63, 3.8) is 0 Å². The molecule has 1 aromatic carbocycles. The highest BCUT2D eigenvalue weighted by molar-refractivity contribution is 6.16. The maximum absolute atomic E-state index is 13.1. The summed E-state index contributed by atoms with van der Waals surface area (Å²) in [6.07, 6.45) is 4.61. The molecule has 0 aliphatic carbocycles. The average molecular weight is 379 g/mol. The summed E-state index contributed by atoms with van der Waals surface area (Å²) in [5.41, 5.74) is 1.43. The summed E-state index contributed by atoms with van der Waals surface area (Å²) >= 11 is 0. The Kier molecular flexibility index (Phi) is 5.30. The number of rotatable bonds is 5. The molecule has 0 fully saturated rings. The molecule has 28 heavy (non-hydrogen) atoms. The van der Waals surface area contributed by atoms with Gasteiger partial charge in [-0.15, -0.1) is 0 Å². The van der Waals surface area contributed by atoms with E-state index in [1.807, 2.05) is 6.07 Å². The highest BCUT2D eigenvalue weighted by Crippen LogP contribution is 2.34. The Morgan fingerprint density at radius 1 is 1.29 bits per heavy atom. The number of nitrogens with zero attached hydrogens (tertiary/aromatic N) is 3. The van der Waals surface area contributed by atoms with Gasteiger partial charge in [-0.2, -0.15) is 0 Å². The van der Waals surface area contributed by atoms with Crippen LogP contribution >= 0.6 is 0 Å². The first-order chi connectivity index (χ1) is 13.4. The SMILES string of the molecule is COC(=O)C1=C(C)N(Cc2cccnc2)C(=O)/C1=C/c1ccccc1[N+](=O)[O-]. The Labute approximate surface area is 160 Å². The molecule has 2 heterocycles. The van der Waals surface area contributed by atoms with Crippen LogP contribution < -0.4 is 0 Å². The third-order valence-corrected chi connectivity index (χ3v) is 4.40. The Morgan fingerprint density at radius 3 is 2.68 bits per heavy atom. The number of carbonyl (C=O) groups excluding carboxylic acids is 2. The van der Waals surface area contributed by atoms with Crippen molar-refractivity contribution in [1.29, 1.82) is 0 Å². The van der Waals surface area contributed by atoms with Crippen molar-refractivity contribution in [3.05, 3.63) is 86.9 Å². The van der Waals surface area contributed by atoms with E-state index < -0.39 is 16.8 Å². The van der Waals surface area contributed by atoms with Gasteiger partial charge in [0.25, 0.3) is 11.6 Å². The number of ether oxygens (including phenoxy) is 1. The number of nitro groups is 1. The zero-order valence-corrected chi connectivity index (χ0v) is 15.3. The summed E-state index contributed by atoms with van der Waals surface area (Å²) in [4.78, 5) is 41.6. The first-order valence-electron chi connectivity index (χ1n) is 8.39. The molecule has 0 radical (unpaired) electrons. The van der Waals surface area contributed by atoms with Crippen LogP contribution in [0.2, 0.25) is 0 Å². The quantitative estimate of drug-likeness (QED) is 0.343. The van der Waals surface area contributed by atoms with Crippen LogP contribution in [0.4, 0.5) is 5.69 Å². The summed E-state index contributed by atoms with van der Waals surface area (Å²) < 4.78 is 4.83. The molecule has 0 bridgehead atoms. The van der Waals surface area contributed by atoms with E-state index in [0.717, 1.165) is 5.56 Å². The molecule has 0 spiro atoms. The molecule has 8 nitrogen and oxygen atoms in total. The normalized spacial score (nSPS) is 15.3. The standard InChI is InChI=1S/C20H17N3O5/c1-13-18(20(25)28-2)16(10-15-7-3-4-8-17(15)23(26)27)19(24)22(13)12-14-6-5-9-21-11-14/h3-11H,12H2,1-2H3/b16-10+. The Bertz CT molecular complexity index is 1010. The van der Waals surface area contributed by atoms with Gasteiger partial charge in [0.2, 0.25) is 0 Å². The smallest absolute Gasteiger partial charge is 0.340 e. The maximum atomic E-state index is 13.1. The van der Waals surface area contributed by atoms with Gasteiger partial charge in [0.05, 0.1) is 35.3 Å². The summed E-state index contributed by atoms with van der Waals surface area (Å²) in [6, 6.07) is 9.59. The van der Waals surface area contributed by atoms with E-state index in [-0.39, 0.29) is 28.9 Å². The number of hydrogen-bond donors (Lipinski definition) is 0. The third-order valence-electron chi connectivity index (χ3n) is 4.40. The minimum Gasteiger partial charge on any atom is -0.465 e. The number of benzene rings is 1. The van der Waals surface area contributed by atoms with Crippen LogP contribution in [0.1, 0.15) is 18.1 Å². The largest absolute Gasteiger partial charge is 0.465 e. The van der Waals surface area contributed by atoms with E-state index in [2.05, 4.69) is 4.98 Å². The van der Waals surface area contributed by atoms with Crippen molar-refractivity contribution in [3.8, 4) is 0 Å². The summed E-state index contributed by atoms with van der Waals surface area (Å²) in [6.45, 7) is 1.86. The van der Waals surface area contributed by atoms with E-state index in [1.54, 1.807) is 31.5 Å². The molecule has 0 saturated heterocycles. The molecular formula is C20H17N3O5. The lowest BCUT2D eigenvalue weighted by atomic mass is 10.0. The maximum Gasteiger partial charge on any atom is 0.340 e. The van der Waals surface area contributed by atoms with Crippen molar-refractivity contribution in [2.75, 3.05) is 7.11 Å². The third kappa shape index (κ3) is 3.52. The van der Waals surface area contributed by atoms with Gasteiger partial charge in [0.15, 0.2) is 0 Å². The topological polar surface area (TPSA) is 103 Å². The number of hydrogen-bond acceptors (Lipinski definition) is 6. The van der Waals surface area contributed by atoms with Crippen LogP contribution in [0, 0.1) is 10.1 Å². The van der Waals surface area contributed by atoms with Crippen LogP contribution in [0.15, 0.2) is 65.6 Å². The molecular weight excluding hydrogens is 362 g/mol. The predicted octanol–water partition coefficient (Wildman–Crippen LogP) is 2.86. The monoisotopic (exact) mass is 379 g/mol. The minimum atomic E-state index is -0.677. The lowest BCUT2D eigenvalue weighted by Crippen LogP contribution is -2.24. The van der Waals surface area contributed by atoms with Crippen molar-refractivity contribution < 1.29 is 19.2 Å². The van der Waals surface area contributed by atoms with E-state index in [1.165, 1.54) is 36.3 Å². The van der Waals surface area contributed by atoms with Crippen molar-refractivity contribution in [1.82, 2.24) is 9.88 Å². The Morgan fingerprint density at radius 2 is 2.04 bits per heavy atom. The second-order valence-electron chi connectivity index (χ2n) is 6.08. The van der Waals surface area contributed by atoms with Gasteiger partial charge >= 0.3 is 5.97 Å². The number of amides is 1. The number of carbonyl (C=O) groups is 2. The molecule has 2 aromatic rings. The molecule has 3 rings (SSSR count). The van der Waals surface area contributed by atoms with Crippen molar-refractivity contribution >= 4 is 23.6 Å². The molecule has 1 aliphatic rings. The number of esters is 1. The number of nitro benzene ring substituents is 1. The molecule has 1 aliphatic heterocycles. The van der Waals surface area contributed by atoms with Crippen LogP contribution in [0.25, 0.3) is 6.08 Å². The summed E-state index contributed by atoms with van der Waals surface area (Å²) in [5, 5.41) is 11.3. The Balaban J connectivity index is 2.09. The van der Waals surface area contributed by atoms with Crippen molar-refractivity contribution in [2.24, 2.45) is 0 Å². The number of methoxy groups -OCH3 is 1. The molecule has 1 aromatic heterocycles. The average Bonchev–Trinajstić information content (AvgIpc) is 2.93. The lowest BCUT2D eigenvalue weighted by molar-refractivity contribution is -0.385. The van der Waals surface area contributed by atoms with Gasteiger partial charge in [-0.1, -0.05) is 18.2 Å². The first kappa shape index (κ1) is 19.0. The number of aromatic nitrogens is 1. The second kappa shape index (κ2) is 7.83. The van der Waals surface area contributed by atoms with Gasteiger partial charge in [-0.3, -0.25) is 19.9 Å². The lowest BCUT2D eigenvalue weighted by Gasteiger charge is -2.17. The number of allylic oxidation sites excluding steroid dienone is 1. The van der Waals surface area contributed by atoms with Gasteiger partial charge < -0.3 is 9.64 Å². The van der Waals surface area contributed by atoms with Gasteiger partial charge in [-0.05, 0) is 30.7 Å². The fraction of sp³-hybridized carbons (Fsp3) is 0.150. The van der Waals surface area contributed by atoms with Gasteiger partial charge in [0, 0.05) is 24.2 Å². The zero-order valence-electron chi connectivity index (χ0n) is 15.3. The van der Waals surface area contributed by atoms with E-state index in [9.17, 15) is 19.7 Å². The molecule has 0 saturated carbocycles. The fourth-order valence-corrected chi connectivity index (χ4v) is 3.02. The molecule has 142 valence electrons. The molecule has 0 N–H and O–H groups in total. The molecule has 0 unspecified atom stereocenters.